The van der Waals surface area contributed by atoms with Gasteiger partial charge in [-0.3, -0.25) is 4.79 Å². The van der Waals surface area contributed by atoms with E-state index in [1.807, 2.05) is 13.0 Å². The SMILES string of the molecule is Cc1ccc(Cl)c(NC(=S)NC(=O)C2CC2)c1Cl. The molecule has 3 nitrogen and oxygen atoms in total. The summed E-state index contributed by atoms with van der Waals surface area (Å²) in [7, 11) is 0. The monoisotopic (exact) mass is 302 g/mol. The molecule has 0 atom stereocenters. The minimum atomic E-state index is -0.0487. The first-order valence-corrected chi connectivity index (χ1v) is 6.72. The lowest BCUT2D eigenvalue weighted by molar-refractivity contribution is -0.120. The number of nitrogens with one attached hydrogen (secondary N) is 2. The van der Waals surface area contributed by atoms with E-state index in [9.17, 15) is 4.79 Å². The Labute approximate surface area is 121 Å². The van der Waals surface area contributed by atoms with E-state index >= 15 is 0 Å². The van der Waals surface area contributed by atoms with Crippen LogP contribution in [0.3, 0.4) is 0 Å². The molecule has 1 saturated carbocycles. The Bertz CT molecular complexity index is 515. The van der Waals surface area contributed by atoms with Crippen LogP contribution in [0.2, 0.25) is 10.0 Å². The maximum atomic E-state index is 11.5. The molecule has 0 heterocycles. The van der Waals surface area contributed by atoms with Crippen LogP contribution in [-0.4, -0.2) is 11.0 Å². The number of hydrogen-bond donors (Lipinski definition) is 2. The van der Waals surface area contributed by atoms with Crippen LogP contribution in [-0.2, 0) is 4.79 Å². The summed E-state index contributed by atoms with van der Waals surface area (Å²) in [5.74, 6) is 0.0561. The van der Waals surface area contributed by atoms with Gasteiger partial charge in [-0.2, -0.15) is 0 Å². The molecule has 18 heavy (non-hydrogen) atoms. The van der Waals surface area contributed by atoms with Crippen molar-refractivity contribution in [3.05, 3.63) is 27.7 Å². The highest BCUT2D eigenvalue weighted by molar-refractivity contribution is 7.80. The summed E-state index contributed by atoms with van der Waals surface area (Å²) in [6.07, 6.45) is 1.86. The number of aryl methyl sites for hydroxylation is 1. The molecular weight excluding hydrogens is 291 g/mol. The van der Waals surface area contributed by atoms with Crippen LogP contribution in [0, 0.1) is 12.8 Å². The fraction of sp³-hybridized carbons (Fsp3) is 0.333. The van der Waals surface area contributed by atoms with Gasteiger partial charge in [-0.1, -0.05) is 29.3 Å². The van der Waals surface area contributed by atoms with Crippen molar-refractivity contribution in [2.75, 3.05) is 5.32 Å². The van der Waals surface area contributed by atoms with Crippen LogP contribution in [0.25, 0.3) is 0 Å². The van der Waals surface area contributed by atoms with Gasteiger partial charge in [0.25, 0.3) is 0 Å². The maximum absolute atomic E-state index is 11.5. The summed E-state index contributed by atoms with van der Waals surface area (Å²) in [6.45, 7) is 1.87. The van der Waals surface area contributed by atoms with Crippen LogP contribution >= 0.6 is 35.4 Å². The zero-order chi connectivity index (χ0) is 13.3. The third kappa shape index (κ3) is 3.13. The first-order valence-electron chi connectivity index (χ1n) is 5.55. The van der Waals surface area contributed by atoms with Gasteiger partial charge >= 0.3 is 0 Å². The van der Waals surface area contributed by atoms with E-state index in [0.717, 1.165) is 18.4 Å². The number of benzene rings is 1. The first kappa shape index (κ1) is 13.6. The lowest BCUT2D eigenvalue weighted by Gasteiger charge is -2.13. The number of amides is 1. The molecule has 6 heteroatoms. The lowest BCUT2D eigenvalue weighted by Crippen LogP contribution is -2.35. The van der Waals surface area contributed by atoms with Gasteiger partial charge in [0.05, 0.1) is 15.7 Å². The Morgan fingerprint density at radius 2 is 2.06 bits per heavy atom. The number of carbonyl (C=O) groups excluding carboxylic acids is 1. The third-order valence-electron chi connectivity index (χ3n) is 2.71. The molecule has 0 aromatic heterocycles. The van der Waals surface area contributed by atoms with Crippen LogP contribution in [0.4, 0.5) is 5.69 Å². The molecule has 1 aromatic carbocycles. The highest BCUT2D eigenvalue weighted by Crippen LogP contribution is 2.33. The number of carbonyl (C=O) groups is 1. The fourth-order valence-electron chi connectivity index (χ4n) is 1.48. The Hall–Kier alpha value is -0.840. The molecule has 1 aliphatic carbocycles. The lowest BCUT2D eigenvalue weighted by atomic mass is 10.2. The molecule has 2 rings (SSSR count). The van der Waals surface area contributed by atoms with E-state index in [4.69, 9.17) is 35.4 Å². The van der Waals surface area contributed by atoms with Crippen molar-refractivity contribution in [1.82, 2.24) is 5.32 Å². The van der Waals surface area contributed by atoms with Crippen molar-refractivity contribution in [3.63, 3.8) is 0 Å². The largest absolute Gasteiger partial charge is 0.330 e. The quantitative estimate of drug-likeness (QED) is 0.821. The van der Waals surface area contributed by atoms with Crippen LogP contribution in [0.1, 0.15) is 18.4 Å². The van der Waals surface area contributed by atoms with Gasteiger partial charge in [0, 0.05) is 5.92 Å². The van der Waals surface area contributed by atoms with Crippen LogP contribution in [0.5, 0.6) is 0 Å². The molecule has 0 bridgehead atoms. The predicted molar refractivity (Wildman–Crippen MR) is 78.3 cm³/mol. The molecule has 1 amide bonds. The van der Waals surface area contributed by atoms with E-state index in [2.05, 4.69) is 10.6 Å². The van der Waals surface area contributed by atoms with Gasteiger partial charge in [-0.05, 0) is 43.6 Å². The number of halogens is 2. The van der Waals surface area contributed by atoms with Gasteiger partial charge in [0.2, 0.25) is 5.91 Å². The highest BCUT2D eigenvalue weighted by atomic mass is 35.5. The van der Waals surface area contributed by atoms with Gasteiger partial charge < -0.3 is 10.6 Å². The summed E-state index contributed by atoms with van der Waals surface area (Å²) >= 11 is 17.2. The van der Waals surface area contributed by atoms with Crippen molar-refractivity contribution in [2.45, 2.75) is 19.8 Å². The second-order valence-electron chi connectivity index (χ2n) is 4.27. The zero-order valence-electron chi connectivity index (χ0n) is 9.72. The summed E-state index contributed by atoms with van der Waals surface area (Å²) in [5.41, 5.74) is 1.42. The molecule has 1 aliphatic rings. The molecule has 2 N–H and O–H groups in total. The second-order valence-corrected chi connectivity index (χ2v) is 5.46. The predicted octanol–water partition coefficient (Wildman–Crippen LogP) is 3.52. The second kappa shape index (κ2) is 5.43. The average Bonchev–Trinajstić information content (AvgIpc) is 3.13. The summed E-state index contributed by atoms with van der Waals surface area (Å²) < 4.78 is 0. The molecule has 96 valence electrons. The Balaban J connectivity index is 2.06. The molecule has 0 radical (unpaired) electrons. The number of anilines is 1. The third-order valence-corrected chi connectivity index (χ3v) is 3.71. The maximum Gasteiger partial charge on any atom is 0.229 e. The van der Waals surface area contributed by atoms with Crippen molar-refractivity contribution in [2.24, 2.45) is 5.92 Å². The minimum Gasteiger partial charge on any atom is -0.330 e. The first-order chi connectivity index (χ1) is 8.49. The van der Waals surface area contributed by atoms with E-state index in [1.165, 1.54) is 0 Å². The summed E-state index contributed by atoms with van der Waals surface area (Å²) in [6, 6.07) is 3.55. The van der Waals surface area contributed by atoms with Crippen molar-refractivity contribution in [1.29, 1.82) is 0 Å². The Morgan fingerprint density at radius 1 is 1.39 bits per heavy atom. The Morgan fingerprint density at radius 3 is 2.67 bits per heavy atom. The Kier molecular flexibility index (Phi) is 4.10. The topological polar surface area (TPSA) is 41.1 Å². The molecule has 0 unspecified atom stereocenters. The van der Waals surface area contributed by atoms with Crippen molar-refractivity contribution < 1.29 is 4.79 Å². The van der Waals surface area contributed by atoms with E-state index < -0.39 is 0 Å². The number of rotatable bonds is 2. The molecule has 1 aromatic rings. The number of thiocarbonyl (C=S) groups is 1. The highest BCUT2D eigenvalue weighted by Gasteiger charge is 2.30. The van der Waals surface area contributed by atoms with Gasteiger partial charge in [-0.25, -0.2) is 0 Å². The molecule has 0 spiro atoms. The van der Waals surface area contributed by atoms with Gasteiger partial charge in [0.15, 0.2) is 5.11 Å². The normalized spacial score (nSPS) is 14.2. The van der Waals surface area contributed by atoms with Crippen molar-refractivity contribution in [3.8, 4) is 0 Å². The van der Waals surface area contributed by atoms with E-state index in [1.54, 1.807) is 6.07 Å². The smallest absolute Gasteiger partial charge is 0.229 e. The standard InChI is InChI=1S/C12H12Cl2N2OS/c1-6-2-5-8(13)10(9(6)14)15-12(18)16-11(17)7-3-4-7/h2,5,7H,3-4H2,1H3,(H2,15,16,17,18). The van der Waals surface area contributed by atoms with Crippen molar-refractivity contribution >= 4 is 52.1 Å². The zero-order valence-corrected chi connectivity index (χ0v) is 12.0. The molecular formula is C12H12Cl2N2OS. The van der Waals surface area contributed by atoms with E-state index in [0.29, 0.717) is 15.7 Å². The number of hydrogen-bond acceptors (Lipinski definition) is 2. The molecule has 1 fully saturated rings. The molecule has 0 saturated heterocycles. The summed E-state index contributed by atoms with van der Waals surface area (Å²) in [4.78, 5) is 11.5. The fourth-order valence-corrected chi connectivity index (χ4v) is 2.14. The van der Waals surface area contributed by atoms with E-state index in [-0.39, 0.29) is 16.9 Å². The van der Waals surface area contributed by atoms with Crippen LogP contribution < -0.4 is 10.6 Å². The summed E-state index contributed by atoms with van der Waals surface area (Å²) in [5, 5.41) is 6.69. The van der Waals surface area contributed by atoms with Gasteiger partial charge in [0.1, 0.15) is 0 Å². The van der Waals surface area contributed by atoms with Gasteiger partial charge in [-0.15, -0.1) is 0 Å². The average molecular weight is 303 g/mol. The molecule has 0 aliphatic heterocycles. The van der Waals surface area contributed by atoms with Crippen LogP contribution in [0.15, 0.2) is 12.1 Å². The minimum absolute atomic E-state index is 0.0487.